The van der Waals surface area contributed by atoms with Crippen LogP contribution in [0.1, 0.15) is 5.56 Å². The summed E-state index contributed by atoms with van der Waals surface area (Å²) in [6.45, 7) is 0.389. The number of halogens is 1. The van der Waals surface area contributed by atoms with Crippen molar-refractivity contribution >= 4 is 11.8 Å². The molecule has 3 rings (SSSR count). The minimum Gasteiger partial charge on any atom is -0.496 e. The van der Waals surface area contributed by atoms with Crippen molar-refractivity contribution in [2.45, 2.75) is 6.54 Å². The summed E-state index contributed by atoms with van der Waals surface area (Å²) >= 11 is 0. The van der Waals surface area contributed by atoms with Crippen molar-refractivity contribution in [3.05, 3.63) is 78.1 Å². The fourth-order valence-corrected chi connectivity index (χ4v) is 2.46. The summed E-state index contributed by atoms with van der Waals surface area (Å²) in [4.78, 5) is 8.81. The SMILES string of the molecule is COc1ccccc1CN=C(N)Nc1cccc(-c2ccc(F)cc2)n1. The van der Waals surface area contributed by atoms with Crippen molar-refractivity contribution in [2.75, 3.05) is 12.4 Å². The standard InChI is InChI=1S/C20H19FN4O/c1-26-18-7-3-2-5-15(18)13-23-20(22)25-19-8-4-6-17(24-19)14-9-11-16(21)12-10-14/h2-12H,13H2,1H3,(H3,22,23,24,25). The first-order valence-electron chi connectivity index (χ1n) is 8.07. The molecule has 0 radical (unpaired) electrons. The Bertz CT molecular complexity index is 910. The average Bonchev–Trinajstić information content (AvgIpc) is 2.67. The Labute approximate surface area is 151 Å². The van der Waals surface area contributed by atoms with Gasteiger partial charge in [-0.2, -0.15) is 0 Å². The molecule has 0 aliphatic carbocycles. The van der Waals surface area contributed by atoms with Crippen LogP contribution in [0.4, 0.5) is 10.2 Å². The number of anilines is 1. The highest BCUT2D eigenvalue weighted by atomic mass is 19.1. The zero-order chi connectivity index (χ0) is 18.4. The number of nitrogens with two attached hydrogens (primary N) is 1. The number of hydrogen-bond acceptors (Lipinski definition) is 3. The van der Waals surface area contributed by atoms with Crippen molar-refractivity contribution in [3.63, 3.8) is 0 Å². The summed E-state index contributed by atoms with van der Waals surface area (Å²) < 4.78 is 18.4. The van der Waals surface area contributed by atoms with Crippen molar-refractivity contribution in [1.82, 2.24) is 4.98 Å². The first kappa shape index (κ1) is 17.4. The Balaban J connectivity index is 1.72. The van der Waals surface area contributed by atoms with E-state index in [-0.39, 0.29) is 11.8 Å². The zero-order valence-corrected chi connectivity index (χ0v) is 14.3. The normalized spacial score (nSPS) is 11.2. The molecule has 3 aromatic rings. The summed E-state index contributed by atoms with van der Waals surface area (Å²) in [6, 6.07) is 19.3. The highest BCUT2D eigenvalue weighted by Crippen LogP contribution is 2.20. The fraction of sp³-hybridized carbons (Fsp3) is 0.100. The molecular weight excluding hydrogens is 331 g/mol. The van der Waals surface area contributed by atoms with Gasteiger partial charge in [-0.3, -0.25) is 0 Å². The predicted molar refractivity (Wildman–Crippen MR) is 102 cm³/mol. The van der Waals surface area contributed by atoms with E-state index in [0.29, 0.717) is 18.1 Å². The lowest BCUT2D eigenvalue weighted by atomic mass is 10.1. The van der Waals surface area contributed by atoms with Gasteiger partial charge in [0, 0.05) is 11.1 Å². The molecule has 1 heterocycles. The first-order chi connectivity index (χ1) is 12.7. The van der Waals surface area contributed by atoms with E-state index in [2.05, 4.69) is 15.3 Å². The highest BCUT2D eigenvalue weighted by Gasteiger charge is 2.04. The van der Waals surface area contributed by atoms with Gasteiger partial charge in [0.2, 0.25) is 0 Å². The molecular formula is C20H19FN4O. The van der Waals surface area contributed by atoms with Gasteiger partial charge in [-0.25, -0.2) is 14.4 Å². The smallest absolute Gasteiger partial charge is 0.194 e. The maximum absolute atomic E-state index is 13.1. The van der Waals surface area contributed by atoms with Crippen LogP contribution in [0, 0.1) is 5.82 Å². The molecule has 3 N–H and O–H groups in total. The van der Waals surface area contributed by atoms with Gasteiger partial charge in [-0.05, 0) is 42.5 Å². The largest absolute Gasteiger partial charge is 0.496 e. The van der Waals surface area contributed by atoms with Crippen molar-refractivity contribution in [1.29, 1.82) is 0 Å². The molecule has 26 heavy (non-hydrogen) atoms. The molecule has 0 fully saturated rings. The molecule has 0 unspecified atom stereocenters. The molecule has 0 spiro atoms. The van der Waals surface area contributed by atoms with Crippen LogP contribution in [0.2, 0.25) is 0 Å². The second-order valence-corrected chi connectivity index (χ2v) is 5.55. The van der Waals surface area contributed by atoms with Gasteiger partial charge < -0.3 is 15.8 Å². The average molecular weight is 350 g/mol. The lowest BCUT2D eigenvalue weighted by Crippen LogP contribution is -2.23. The molecule has 0 amide bonds. The van der Waals surface area contributed by atoms with Gasteiger partial charge >= 0.3 is 0 Å². The molecule has 0 aliphatic heterocycles. The number of pyridine rings is 1. The monoisotopic (exact) mass is 350 g/mol. The van der Waals surface area contributed by atoms with E-state index < -0.39 is 0 Å². The Hall–Kier alpha value is -3.41. The number of benzene rings is 2. The summed E-state index contributed by atoms with van der Waals surface area (Å²) in [5.74, 6) is 1.30. The molecule has 0 saturated heterocycles. The van der Waals surface area contributed by atoms with Crippen LogP contribution >= 0.6 is 0 Å². The van der Waals surface area contributed by atoms with Crippen molar-refractivity contribution in [3.8, 4) is 17.0 Å². The van der Waals surface area contributed by atoms with Crippen LogP contribution in [0.3, 0.4) is 0 Å². The maximum atomic E-state index is 13.1. The van der Waals surface area contributed by atoms with E-state index in [4.69, 9.17) is 10.5 Å². The number of ether oxygens (including phenoxy) is 1. The van der Waals surface area contributed by atoms with E-state index in [1.54, 1.807) is 25.3 Å². The number of aliphatic imine (C=N–C) groups is 1. The fourth-order valence-electron chi connectivity index (χ4n) is 2.46. The molecule has 5 nitrogen and oxygen atoms in total. The number of methoxy groups -OCH3 is 1. The summed E-state index contributed by atoms with van der Waals surface area (Å²) in [5.41, 5.74) is 8.43. The summed E-state index contributed by atoms with van der Waals surface area (Å²) in [7, 11) is 1.62. The van der Waals surface area contributed by atoms with Crippen LogP contribution in [0.15, 0.2) is 71.7 Å². The maximum Gasteiger partial charge on any atom is 0.194 e. The van der Waals surface area contributed by atoms with Crippen LogP contribution in [-0.4, -0.2) is 18.1 Å². The van der Waals surface area contributed by atoms with E-state index in [9.17, 15) is 4.39 Å². The van der Waals surface area contributed by atoms with E-state index in [1.807, 2.05) is 36.4 Å². The van der Waals surface area contributed by atoms with Crippen molar-refractivity contribution < 1.29 is 9.13 Å². The molecule has 1 aromatic heterocycles. The number of guanidine groups is 1. The van der Waals surface area contributed by atoms with E-state index in [1.165, 1.54) is 12.1 Å². The number of rotatable bonds is 5. The molecule has 0 bridgehead atoms. The number of hydrogen-bond donors (Lipinski definition) is 2. The lowest BCUT2D eigenvalue weighted by molar-refractivity contribution is 0.410. The third-order valence-electron chi connectivity index (χ3n) is 3.76. The Morgan fingerprint density at radius 3 is 2.62 bits per heavy atom. The van der Waals surface area contributed by atoms with Crippen LogP contribution in [0.5, 0.6) is 5.75 Å². The first-order valence-corrected chi connectivity index (χ1v) is 8.07. The predicted octanol–water partition coefficient (Wildman–Crippen LogP) is 3.82. The molecule has 0 atom stereocenters. The molecule has 0 aliphatic rings. The lowest BCUT2D eigenvalue weighted by Gasteiger charge is -2.08. The Morgan fingerprint density at radius 1 is 1.08 bits per heavy atom. The second kappa shape index (κ2) is 8.11. The van der Waals surface area contributed by atoms with Crippen LogP contribution < -0.4 is 15.8 Å². The van der Waals surface area contributed by atoms with Gasteiger partial charge in [0.05, 0.1) is 19.3 Å². The van der Waals surface area contributed by atoms with Gasteiger partial charge in [-0.1, -0.05) is 24.3 Å². The van der Waals surface area contributed by atoms with Gasteiger partial charge in [-0.15, -0.1) is 0 Å². The van der Waals surface area contributed by atoms with Gasteiger partial charge in [0.25, 0.3) is 0 Å². The van der Waals surface area contributed by atoms with Crippen LogP contribution in [-0.2, 0) is 6.54 Å². The summed E-state index contributed by atoms with van der Waals surface area (Å²) in [6.07, 6.45) is 0. The Kier molecular flexibility index (Phi) is 5.43. The topological polar surface area (TPSA) is 72.5 Å². The molecule has 132 valence electrons. The third kappa shape index (κ3) is 4.36. The van der Waals surface area contributed by atoms with E-state index in [0.717, 1.165) is 16.9 Å². The minimum absolute atomic E-state index is 0.250. The number of para-hydroxylation sites is 1. The quantitative estimate of drug-likeness (QED) is 0.542. The molecule has 2 aromatic carbocycles. The zero-order valence-electron chi connectivity index (χ0n) is 14.3. The minimum atomic E-state index is -0.282. The van der Waals surface area contributed by atoms with Crippen molar-refractivity contribution in [2.24, 2.45) is 10.7 Å². The third-order valence-corrected chi connectivity index (χ3v) is 3.76. The summed E-state index contributed by atoms with van der Waals surface area (Å²) in [5, 5.41) is 2.97. The molecule has 6 heteroatoms. The van der Waals surface area contributed by atoms with Gasteiger partial charge in [0.15, 0.2) is 5.96 Å². The number of nitrogens with one attached hydrogen (secondary N) is 1. The highest BCUT2D eigenvalue weighted by molar-refractivity contribution is 5.91. The number of nitrogens with zero attached hydrogens (tertiary/aromatic N) is 2. The Morgan fingerprint density at radius 2 is 1.85 bits per heavy atom. The van der Waals surface area contributed by atoms with Crippen LogP contribution in [0.25, 0.3) is 11.3 Å². The van der Waals surface area contributed by atoms with E-state index >= 15 is 0 Å². The molecule has 0 saturated carbocycles. The number of aromatic nitrogens is 1. The second-order valence-electron chi connectivity index (χ2n) is 5.55. The van der Waals surface area contributed by atoms with Gasteiger partial charge in [0.1, 0.15) is 17.4 Å².